The Kier molecular flexibility index (Phi) is 5.14. The van der Waals surface area contributed by atoms with Gasteiger partial charge in [0.2, 0.25) is 5.91 Å². The summed E-state index contributed by atoms with van der Waals surface area (Å²) in [5, 5.41) is 19.1. The fourth-order valence-corrected chi connectivity index (χ4v) is 3.06. The first-order valence-corrected chi connectivity index (χ1v) is 6.67. The highest BCUT2D eigenvalue weighted by atomic mass is 16.5. The molecule has 0 saturated heterocycles. The Hall–Kier alpha value is -2.03. The SMILES string of the molecule is CCOC(=O)/C(=C(\C)O)C1(C(C#N)C(N)=O)CCCC1. The molecule has 1 unspecified atom stereocenters. The predicted molar refractivity (Wildman–Crippen MR) is 71.2 cm³/mol. The molecule has 110 valence electrons. The van der Waals surface area contributed by atoms with Gasteiger partial charge in [-0.3, -0.25) is 4.79 Å². The summed E-state index contributed by atoms with van der Waals surface area (Å²) in [6, 6.07) is 1.89. The maximum atomic E-state index is 12.1. The number of hydrogen-bond acceptors (Lipinski definition) is 5. The number of allylic oxidation sites excluding steroid dienone is 1. The number of esters is 1. The molecule has 1 atom stereocenters. The van der Waals surface area contributed by atoms with Gasteiger partial charge in [0, 0.05) is 5.41 Å². The number of nitrogens with two attached hydrogens (primary N) is 1. The van der Waals surface area contributed by atoms with Gasteiger partial charge in [-0.1, -0.05) is 12.8 Å². The zero-order valence-corrected chi connectivity index (χ0v) is 11.8. The van der Waals surface area contributed by atoms with Crippen LogP contribution < -0.4 is 5.73 Å². The summed E-state index contributed by atoms with van der Waals surface area (Å²) in [7, 11) is 0. The van der Waals surface area contributed by atoms with E-state index in [0.29, 0.717) is 12.8 Å². The van der Waals surface area contributed by atoms with Crippen LogP contribution >= 0.6 is 0 Å². The van der Waals surface area contributed by atoms with Gasteiger partial charge in [-0.05, 0) is 26.7 Å². The van der Waals surface area contributed by atoms with E-state index in [0.717, 1.165) is 12.8 Å². The van der Waals surface area contributed by atoms with E-state index in [-0.39, 0.29) is 17.9 Å². The monoisotopic (exact) mass is 280 g/mol. The molecular weight excluding hydrogens is 260 g/mol. The summed E-state index contributed by atoms with van der Waals surface area (Å²) < 4.78 is 4.96. The van der Waals surface area contributed by atoms with Gasteiger partial charge in [-0.2, -0.15) is 5.26 Å². The normalized spacial score (nSPS) is 19.6. The van der Waals surface area contributed by atoms with Gasteiger partial charge in [0.25, 0.3) is 0 Å². The first-order chi connectivity index (χ1) is 9.40. The van der Waals surface area contributed by atoms with Crippen LogP contribution in [-0.2, 0) is 14.3 Å². The average Bonchev–Trinajstić information content (AvgIpc) is 2.79. The molecule has 1 rings (SSSR count). The van der Waals surface area contributed by atoms with Crippen molar-refractivity contribution in [1.29, 1.82) is 5.26 Å². The first kappa shape index (κ1) is 16.0. The summed E-state index contributed by atoms with van der Waals surface area (Å²) in [5.41, 5.74) is 4.29. The highest BCUT2D eigenvalue weighted by Gasteiger charge is 2.51. The van der Waals surface area contributed by atoms with E-state index in [4.69, 9.17) is 10.5 Å². The summed E-state index contributed by atoms with van der Waals surface area (Å²) in [6.45, 7) is 3.17. The quantitative estimate of drug-likeness (QED) is 0.450. The number of carbonyl (C=O) groups is 2. The number of nitrogens with zero attached hydrogens (tertiary/aromatic N) is 1. The Morgan fingerprint density at radius 3 is 2.35 bits per heavy atom. The number of hydrogen-bond donors (Lipinski definition) is 2. The van der Waals surface area contributed by atoms with Crippen molar-refractivity contribution in [1.82, 2.24) is 0 Å². The van der Waals surface area contributed by atoms with Crippen LogP contribution in [0.25, 0.3) is 0 Å². The predicted octanol–water partition coefficient (Wildman–Crippen LogP) is 1.57. The van der Waals surface area contributed by atoms with E-state index in [2.05, 4.69) is 0 Å². The van der Waals surface area contributed by atoms with Gasteiger partial charge in [0.05, 0.1) is 18.2 Å². The van der Waals surface area contributed by atoms with Crippen LogP contribution in [0.1, 0.15) is 39.5 Å². The number of ether oxygens (including phenoxy) is 1. The van der Waals surface area contributed by atoms with Gasteiger partial charge in [-0.25, -0.2) is 4.79 Å². The molecule has 1 amide bonds. The fourth-order valence-electron chi connectivity index (χ4n) is 3.06. The van der Waals surface area contributed by atoms with Gasteiger partial charge >= 0.3 is 5.97 Å². The minimum absolute atomic E-state index is 0.0159. The zero-order valence-electron chi connectivity index (χ0n) is 11.8. The van der Waals surface area contributed by atoms with Crippen molar-refractivity contribution in [3.63, 3.8) is 0 Å². The zero-order chi connectivity index (χ0) is 15.3. The largest absolute Gasteiger partial charge is 0.512 e. The Balaban J connectivity index is 3.37. The molecule has 0 aromatic rings. The number of carbonyl (C=O) groups excluding carboxylic acids is 2. The molecule has 6 heteroatoms. The second-order valence-electron chi connectivity index (χ2n) is 5.01. The van der Waals surface area contributed by atoms with Gasteiger partial charge in [0.1, 0.15) is 11.7 Å². The topological polar surface area (TPSA) is 113 Å². The van der Waals surface area contributed by atoms with Crippen LogP contribution in [0.3, 0.4) is 0 Å². The second kappa shape index (κ2) is 6.42. The Morgan fingerprint density at radius 2 is 2.00 bits per heavy atom. The highest BCUT2D eigenvalue weighted by Crippen LogP contribution is 2.50. The van der Waals surface area contributed by atoms with Gasteiger partial charge < -0.3 is 15.6 Å². The van der Waals surface area contributed by atoms with Crippen molar-refractivity contribution in [3.05, 3.63) is 11.3 Å². The lowest BCUT2D eigenvalue weighted by atomic mass is 9.68. The maximum Gasteiger partial charge on any atom is 0.338 e. The third kappa shape index (κ3) is 2.77. The van der Waals surface area contributed by atoms with E-state index in [1.807, 2.05) is 6.07 Å². The minimum atomic E-state index is -1.15. The van der Waals surface area contributed by atoms with Crippen molar-refractivity contribution in [2.45, 2.75) is 39.5 Å². The molecule has 1 aliphatic rings. The van der Waals surface area contributed by atoms with Crippen molar-refractivity contribution < 1.29 is 19.4 Å². The van der Waals surface area contributed by atoms with Gasteiger partial charge in [-0.15, -0.1) is 0 Å². The number of nitriles is 1. The minimum Gasteiger partial charge on any atom is -0.512 e. The molecule has 3 N–H and O–H groups in total. The Bertz CT molecular complexity index is 466. The molecule has 0 bridgehead atoms. The van der Waals surface area contributed by atoms with E-state index < -0.39 is 23.2 Å². The van der Waals surface area contributed by atoms with Crippen LogP contribution in [0.15, 0.2) is 11.3 Å². The number of amides is 1. The van der Waals surface area contributed by atoms with E-state index >= 15 is 0 Å². The molecule has 1 saturated carbocycles. The van der Waals surface area contributed by atoms with Crippen LogP contribution in [0.4, 0.5) is 0 Å². The van der Waals surface area contributed by atoms with E-state index in [1.54, 1.807) is 6.92 Å². The number of primary amides is 1. The van der Waals surface area contributed by atoms with Crippen LogP contribution in [-0.4, -0.2) is 23.6 Å². The van der Waals surface area contributed by atoms with Crippen molar-refractivity contribution in [2.75, 3.05) is 6.61 Å². The third-order valence-electron chi connectivity index (χ3n) is 3.80. The van der Waals surface area contributed by atoms with E-state index in [1.165, 1.54) is 6.92 Å². The van der Waals surface area contributed by atoms with Crippen molar-refractivity contribution in [2.24, 2.45) is 17.1 Å². The van der Waals surface area contributed by atoms with Crippen molar-refractivity contribution >= 4 is 11.9 Å². The number of rotatable bonds is 5. The number of aliphatic hydroxyl groups excluding tert-OH is 1. The van der Waals surface area contributed by atoms with Crippen LogP contribution in [0, 0.1) is 22.7 Å². The fraction of sp³-hybridized carbons (Fsp3) is 0.643. The van der Waals surface area contributed by atoms with Crippen LogP contribution in [0.2, 0.25) is 0 Å². The third-order valence-corrected chi connectivity index (χ3v) is 3.80. The Labute approximate surface area is 118 Å². The molecular formula is C14H20N2O4. The molecule has 0 heterocycles. The van der Waals surface area contributed by atoms with Crippen LogP contribution in [0.5, 0.6) is 0 Å². The molecule has 20 heavy (non-hydrogen) atoms. The molecule has 6 nitrogen and oxygen atoms in total. The highest BCUT2D eigenvalue weighted by molar-refractivity contribution is 5.93. The summed E-state index contributed by atoms with van der Waals surface area (Å²) in [5.74, 6) is -2.83. The van der Waals surface area contributed by atoms with Crippen molar-refractivity contribution in [3.8, 4) is 6.07 Å². The summed E-state index contributed by atoms with van der Waals surface area (Å²) in [6.07, 6.45) is 2.45. The molecule has 1 fully saturated rings. The Morgan fingerprint density at radius 1 is 1.45 bits per heavy atom. The average molecular weight is 280 g/mol. The second-order valence-corrected chi connectivity index (χ2v) is 5.01. The molecule has 0 radical (unpaired) electrons. The standard InChI is InChI=1S/C14H20N2O4/c1-3-20-13(19)11(9(2)17)14(6-4-5-7-14)10(8-15)12(16)18/h10,17H,3-7H2,1-2H3,(H2,16,18)/b11-9-. The first-order valence-electron chi connectivity index (χ1n) is 6.67. The lowest BCUT2D eigenvalue weighted by Gasteiger charge is -2.33. The molecule has 0 aromatic carbocycles. The molecule has 0 spiro atoms. The number of aliphatic hydroxyl groups is 1. The molecule has 1 aliphatic carbocycles. The lowest BCUT2D eigenvalue weighted by molar-refractivity contribution is -0.140. The maximum absolute atomic E-state index is 12.1. The molecule has 0 aromatic heterocycles. The summed E-state index contributed by atoms with van der Waals surface area (Å²) >= 11 is 0. The summed E-state index contributed by atoms with van der Waals surface area (Å²) in [4.78, 5) is 23.7. The smallest absolute Gasteiger partial charge is 0.338 e. The molecule has 0 aliphatic heterocycles. The van der Waals surface area contributed by atoms with Gasteiger partial charge in [0.15, 0.2) is 0 Å². The van der Waals surface area contributed by atoms with E-state index in [9.17, 15) is 20.0 Å². The lowest BCUT2D eigenvalue weighted by Crippen LogP contribution is -2.41.